The number of carbonyl (C=O) groups excluding carboxylic acids is 1. The first-order valence-electron chi connectivity index (χ1n) is 10.0. The Hall–Kier alpha value is -2.00. The lowest BCUT2D eigenvalue weighted by molar-refractivity contribution is -0.00518. The highest BCUT2D eigenvalue weighted by Gasteiger charge is 2.51. The first-order chi connectivity index (χ1) is 13.1. The molecule has 2 aromatic carbocycles. The minimum atomic E-state index is -0.250. The first-order valence-corrected chi connectivity index (χ1v) is 10.4. The molecule has 4 bridgehead atoms. The third-order valence-corrected chi connectivity index (χ3v) is 7.11. The number of carbonyl (C=O) groups is 1. The Bertz CT molecular complexity index is 826. The standard InChI is InChI=1S/C23H25ClN2O/c24-19-2-1-3-21(11-19)26-22(27)25-20-6-4-18(5-7-20)23-12-15-8-16(13-23)10-17(9-15)14-23/h1-7,11,15-17H,8-10,12-14H2,(H2,25,26,27). The summed E-state index contributed by atoms with van der Waals surface area (Å²) in [5.41, 5.74) is 3.38. The molecule has 6 rings (SSSR count). The van der Waals surface area contributed by atoms with Crippen molar-refractivity contribution in [1.29, 1.82) is 0 Å². The number of halogens is 1. The van der Waals surface area contributed by atoms with Crippen molar-refractivity contribution >= 4 is 29.0 Å². The summed E-state index contributed by atoms with van der Waals surface area (Å²) in [5.74, 6) is 2.83. The van der Waals surface area contributed by atoms with Crippen molar-refractivity contribution in [2.75, 3.05) is 10.6 Å². The molecular formula is C23H25ClN2O. The normalized spacial score (nSPS) is 30.9. The van der Waals surface area contributed by atoms with E-state index >= 15 is 0 Å². The summed E-state index contributed by atoms with van der Waals surface area (Å²) >= 11 is 5.96. The van der Waals surface area contributed by atoms with Crippen LogP contribution in [0.15, 0.2) is 48.5 Å². The van der Waals surface area contributed by atoms with Gasteiger partial charge in [-0.2, -0.15) is 0 Å². The van der Waals surface area contributed by atoms with E-state index in [-0.39, 0.29) is 6.03 Å². The van der Waals surface area contributed by atoms with Gasteiger partial charge < -0.3 is 10.6 Å². The summed E-state index contributed by atoms with van der Waals surface area (Å²) in [6.45, 7) is 0. The van der Waals surface area contributed by atoms with Gasteiger partial charge in [0.2, 0.25) is 0 Å². The smallest absolute Gasteiger partial charge is 0.308 e. The summed E-state index contributed by atoms with van der Waals surface area (Å²) in [5, 5.41) is 6.34. The third-order valence-electron chi connectivity index (χ3n) is 6.88. The van der Waals surface area contributed by atoms with Gasteiger partial charge in [-0.1, -0.05) is 29.8 Å². The predicted octanol–water partition coefficient (Wildman–Crippen LogP) is 6.45. The molecule has 3 nitrogen and oxygen atoms in total. The van der Waals surface area contributed by atoms with Crippen LogP contribution in [0.5, 0.6) is 0 Å². The molecule has 4 fully saturated rings. The quantitative estimate of drug-likeness (QED) is 0.630. The van der Waals surface area contributed by atoms with E-state index in [1.165, 1.54) is 44.1 Å². The van der Waals surface area contributed by atoms with Crippen LogP contribution in [0.4, 0.5) is 16.2 Å². The number of benzene rings is 2. The Morgan fingerprint density at radius 3 is 2.04 bits per heavy atom. The second kappa shape index (κ2) is 6.56. The van der Waals surface area contributed by atoms with Crippen molar-refractivity contribution in [1.82, 2.24) is 0 Å². The fraction of sp³-hybridized carbons (Fsp3) is 0.435. The number of hydrogen-bond acceptors (Lipinski definition) is 1. The Kier molecular flexibility index (Phi) is 4.16. The Labute approximate surface area is 165 Å². The molecule has 2 aromatic rings. The van der Waals surface area contributed by atoms with Gasteiger partial charge in [0.05, 0.1) is 0 Å². The number of nitrogens with one attached hydrogen (secondary N) is 2. The van der Waals surface area contributed by atoms with Crippen LogP contribution >= 0.6 is 11.6 Å². The van der Waals surface area contributed by atoms with Crippen molar-refractivity contribution < 1.29 is 4.79 Å². The van der Waals surface area contributed by atoms with Gasteiger partial charge >= 0.3 is 6.03 Å². The fourth-order valence-electron chi connectivity index (χ4n) is 6.23. The maximum absolute atomic E-state index is 12.2. The van der Waals surface area contributed by atoms with Crippen LogP contribution in [-0.4, -0.2) is 6.03 Å². The van der Waals surface area contributed by atoms with Crippen molar-refractivity contribution in [3.05, 3.63) is 59.1 Å². The van der Waals surface area contributed by atoms with Crippen LogP contribution in [0, 0.1) is 17.8 Å². The summed E-state index contributed by atoms with van der Waals surface area (Å²) < 4.78 is 0. The molecule has 4 heteroatoms. The molecule has 0 aromatic heterocycles. The van der Waals surface area contributed by atoms with Gasteiger partial charge in [-0.15, -0.1) is 0 Å². The van der Waals surface area contributed by atoms with Gasteiger partial charge in [-0.05, 0) is 97.6 Å². The van der Waals surface area contributed by atoms with Gasteiger partial charge in [0.1, 0.15) is 0 Å². The number of amides is 2. The summed E-state index contributed by atoms with van der Waals surface area (Å²) in [6, 6.07) is 15.5. The number of hydrogen-bond donors (Lipinski definition) is 2. The zero-order valence-electron chi connectivity index (χ0n) is 15.4. The van der Waals surface area contributed by atoms with E-state index in [1.807, 2.05) is 24.3 Å². The van der Waals surface area contributed by atoms with Gasteiger partial charge in [-0.25, -0.2) is 4.79 Å². The molecule has 140 valence electrons. The SMILES string of the molecule is O=C(Nc1ccc(C23CC4CC(CC(C4)C2)C3)cc1)Nc1cccc(Cl)c1. The van der Waals surface area contributed by atoms with E-state index in [1.54, 1.807) is 12.1 Å². The van der Waals surface area contributed by atoms with Gasteiger partial charge in [0.25, 0.3) is 0 Å². The van der Waals surface area contributed by atoms with E-state index in [2.05, 4.69) is 22.8 Å². The van der Waals surface area contributed by atoms with Crippen LogP contribution in [-0.2, 0) is 5.41 Å². The average Bonchev–Trinajstić information content (AvgIpc) is 2.61. The molecule has 0 atom stereocenters. The minimum absolute atomic E-state index is 0.250. The Morgan fingerprint density at radius 1 is 0.852 bits per heavy atom. The molecule has 0 radical (unpaired) electrons. The van der Waals surface area contributed by atoms with Gasteiger partial charge in [0, 0.05) is 16.4 Å². The molecular weight excluding hydrogens is 356 g/mol. The summed E-state index contributed by atoms with van der Waals surface area (Å²) in [6.07, 6.45) is 8.47. The molecule has 27 heavy (non-hydrogen) atoms. The van der Waals surface area contributed by atoms with Crippen LogP contribution in [0.3, 0.4) is 0 Å². The highest BCUT2D eigenvalue weighted by molar-refractivity contribution is 6.30. The summed E-state index contributed by atoms with van der Waals surface area (Å²) in [4.78, 5) is 12.2. The second-order valence-corrected chi connectivity index (χ2v) is 9.30. The largest absolute Gasteiger partial charge is 0.323 e. The molecule has 4 saturated carbocycles. The van der Waals surface area contributed by atoms with Crippen molar-refractivity contribution in [2.24, 2.45) is 17.8 Å². The van der Waals surface area contributed by atoms with Gasteiger partial charge in [0.15, 0.2) is 0 Å². The fourth-order valence-corrected chi connectivity index (χ4v) is 6.42. The van der Waals surface area contributed by atoms with E-state index in [4.69, 9.17) is 11.6 Å². The molecule has 0 unspecified atom stereocenters. The van der Waals surface area contributed by atoms with Crippen LogP contribution in [0.25, 0.3) is 0 Å². The second-order valence-electron chi connectivity index (χ2n) is 8.86. The molecule has 2 N–H and O–H groups in total. The maximum Gasteiger partial charge on any atom is 0.323 e. The molecule has 0 saturated heterocycles. The van der Waals surface area contributed by atoms with E-state index in [9.17, 15) is 4.79 Å². The van der Waals surface area contributed by atoms with Crippen molar-refractivity contribution in [2.45, 2.75) is 43.9 Å². The highest BCUT2D eigenvalue weighted by atomic mass is 35.5. The number of urea groups is 1. The highest BCUT2D eigenvalue weighted by Crippen LogP contribution is 2.60. The van der Waals surface area contributed by atoms with E-state index < -0.39 is 0 Å². The van der Waals surface area contributed by atoms with Crippen LogP contribution in [0.2, 0.25) is 5.02 Å². The van der Waals surface area contributed by atoms with E-state index in [0.717, 1.165) is 23.4 Å². The third kappa shape index (κ3) is 3.34. The average molecular weight is 381 g/mol. The summed E-state index contributed by atoms with van der Waals surface area (Å²) in [7, 11) is 0. The molecule has 4 aliphatic rings. The zero-order chi connectivity index (χ0) is 18.4. The van der Waals surface area contributed by atoms with Gasteiger partial charge in [-0.3, -0.25) is 0 Å². The van der Waals surface area contributed by atoms with Crippen molar-refractivity contribution in [3.8, 4) is 0 Å². The monoisotopic (exact) mass is 380 g/mol. The molecule has 2 amide bonds. The molecule has 0 aliphatic heterocycles. The van der Waals surface area contributed by atoms with Crippen LogP contribution < -0.4 is 10.6 Å². The Morgan fingerprint density at radius 2 is 1.44 bits per heavy atom. The predicted molar refractivity (Wildman–Crippen MR) is 110 cm³/mol. The lowest BCUT2D eigenvalue weighted by atomic mass is 9.48. The zero-order valence-corrected chi connectivity index (χ0v) is 16.1. The van der Waals surface area contributed by atoms with Crippen LogP contribution in [0.1, 0.15) is 44.1 Å². The molecule has 0 spiro atoms. The topological polar surface area (TPSA) is 41.1 Å². The minimum Gasteiger partial charge on any atom is -0.308 e. The van der Waals surface area contributed by atoms with E-state index in [0.29, 0.717) is 16.1 Å². The molecule has 0 heterocycles. The number of anilines is 2. The Balaban J connectivity index is 1.27. The lowest BCUT2D eigenvalue weighted by Crippen LogP contribution is -2.48. The molecule has 4 aliphatic carbocycles. The first kappa shape index (κ1) is 17.1. The maximum atomic E-state index is 12.2. The number of rotatable bonds is 3. The lowest BCUT2D eigenvalue weighted by Gasteiger charge is -2.57. The van der Waals surface area contributed by atoms with Crippen molar-refractivity contribution in [3.63, 3.8) is 0 Å².